The van der Waals surface area contributed by atoms with Crippen LogP contribution < -0.4 is 15.3 Å². The summed E-state index contributed by atoms with van der Waals surface area (Å²) in [5, 5.41) is 12.8. The van der Waals surface area contributed by atoms with Gasteiger partial charge in [-0.3, -0.25) is 14.1 Å². The molecule has 2 aromatic carbocycles. The third-order valence-electron chi connectivity index (χ3n) is 7.22. The van der Waals surface area contributed by atoms with Crippen LogP contribution in [0.4, 0.5) is 0 Å². The first kappa shape index (κ1) is 36.4. The lowest BCUT2D eigenvalue weighted by Gasteiger charge is -2.30. The van der Waals surface area contributed by atoms with Crippen molar-refractivity contribution in [2.24, 2.45) is 5.73 Å². The van der Waals surface area contributed by atoms with Crippen LogP contribution in [0.25, 0.3) is 0 Å². The molecule has 0 aliphatic rings. The Morgan fingerprint density at radius 2 is 1.56 bits per heavy atom. The number of nitrogens with one attached hydrogen (secondary N) is 1. The van der Waals surface area contributed by atoms with Crippen molar-refractivity contribution in [1.29, 1.82) is 0 Å². The van der Waals surface area contributed by atoms with Crippen LogP contribution in [0, 0.1) is 0 Å². The SMILES string of the molecule is CCCCCCCCc1ccc(CCC(N)(CO)COP(=O)(N[C@H](CCC(=O)OC)C(=O)OC)Oc2ccccc2)cc1. The Kier molecular flexibility index (Phi) is 16.5. The van der Waals surface area contributed by atoms with Gasteiger partial charge in [-0.2, -0.15) is 5.09 Å². The lowest BCUT2D eigenvalue weighted by Crippen LogP contribution is -2.49. The van der Waals surface area contributed by atoms with E-state index in [1.165, 1.54) is 58.3 Å². The van der Waals surface area contributed by atoms with E-state index < -0.39 is 37.9 Å². The van der Waals surface area contributed by atoms with E-state index in [0.717, 1.165) is 12.0 Å². The number of methoxy groups -OCH3 is 2. The molecular weight excluding hydrogens is 571 g/mol. The number of aryl methyl sites for hydroxylation is 2. The van der Waals surface area contributed by atoms with E-state index in [4.69, 9.17) is 19.5 Å². The van der Waals surface area contributed by atoms with E-state index in [1.54, 1.807) is 30.3 Å². The molecule has 11 heteroatoms. The van der Waals surface area contributed by atoms with E-state index >= 15 is 0 Å². The summed E-state index contributed by atoms with van der Waals surface area (Å²) < 4.78 is 34.9. The maximum Gasteiger partial charge on any atom is 0.459 e. The van der Waals surface area contributed by atoms with Crippen LogP contribution in [0.3, 0.4) is 0 Å². The maximum absolute atomic E-state index is 13.9. The summed E-state index contributed by atoms with van der Waals surface area (Å²) in [5.74, 6) is -1.08. The van der Waals surface area contributed by atoms with E-state index in [9.17, 15) is 19.3 Å². The van der Waals surface area contributed by atoms with Gasteiger partial charge in [0.2, 0.25) is 0 Å². The minimum Gasteiger partial charge on any atom is -0.469 e. The van der Waals surface area contributed by atoms with Crippen LogP contribution in [-0.4, -0.2) is 56.1 Å². The van der Waals surface area contributed by atoms with Crippen LogP contribution in [0.2, 0.25) is 0 Å². The summed E-state index contributed by atoms with van der Waals surface area (Å²) in [6, 6.07) is 15.5. The van der Waals surface area contributed by atoms with E-state index in [2.05, 4.69) is 41.0 Å². The summed E-state index contributed by atoms with van der Waals surface area (Å²) in [7, 11) is -1.85. The Morgan fingerprint density at radius 1 is 0.930 bits per heavy atom. The molecule has 2 aromatic rings. The third kappa shape index (κ3) is 14.1. The second-order valence-corrected chi connectivity index (χ2v) is 12.5. The van der Waals surface area contributed by atoms with Gasteiger partial charge in [-0.15, -0.1) is 0 Å². The molecule has 0 aliphatic heterocycles. The summed E-state index contributed by atoms with van der Waals surface area (Å²) >= 11 is 0. The second-order valence-electron chi connectivity index (χ2n) is 10.8. The molecular formula is C32H49N2O8P. The molecule has 43 heavy (non-hydrogen) atoms. The molecule has 2 unspecified atom stereocenters. The molecule has 0 aromatic heterocycles. The molecule has 3 atom stereocenters. The highest BCUT2D eigenvalue weighted by Gasteiger charge is 2.37. The number of ether oxygens (including phenoxy) is 2. The Hall–Kier alpha value is -2.75. The Morgan fingerprint density at radius 3 is 2.16 bits per heavy atom. The number of aliphatic hydroxyl groups is 1. The van der Waals surface area contributed by atoms with Gasteiger partial charge < -0.3 is 24.8 Å². The fraction of sp³-hybridized carbons (Fsp3) is 0.562. The zero-order valence-electron chi connectivity index (χ0n) is 25.8. The monoisotopic (exact) mass is 620 g/mol. The first-order valence-corrected chi connectivity index (χ1v) is 16.6. The average Bonchev–Trinajstić information content (AvgIpc) is 3.03. The minimum atomic E-state index is -4.26. The second kappa shape index (κ2) is 19.5. The highest BCUT2D eigenvalue weighted by molar-refractivity contribution is 7.52. The van der Waals surface area contributed by atoms with Crippen molar-refractivity contribution in [1.82, 2.24) is 5.09 Å². The standard InChI is InChI=1S/C32H49N2O8P/c1-4-5-6-7-8-10-13-26-16-18-27(19-17-26)22-23-32(33,24-35)25-41-43(38,42-28-14-11-9-12-15-28)34-29(31(37)40-3)20-21-30(36)39-2/h9,11-12,14-19,29,35H,4-8,10,13,20-25,33H2,1-3H3,(H,34,38)/t29-,32?,43?/m1/s1. The number of hydrogen-bond donors (Lipinski definition) is 3. The van der Waals surface area contributed by atoms with Crippen LogP contribution in [-0.2, 0) is 41.0 Å². The molecule has 0 fully saturated rings. The van der Waals surface area contributed by atoms with Crippen molar-refractivity contribution in [3.8, 4) is 5.75 Å². The highest BCUT2D eigenvalue weighted by atomic mass is 31.2. The maximum atomic E-state index is 13.9. The van der Waals surface area contributed by atoms with Crippen LogP contribution in [0.1, 0.15) is 75.8 Å². The molecule has 0 spiro atoms. The Bertz CT molecular complexity index is 1130. The quantitative estimate of drug-likeness (QED) is 0.0876. The zero-order valence-corrected chi connectivity index (χ0v) is 26.7. The van der Waals surface area contributed by atoms with Gasteiger partial charge in [0.05, 0.1) is 33.0 Å². The number of rotatable bonds is 22. The summed E-state index contributed by atoms with van der Waals surface area (Å²) in [4.78, 5) is 24.2. The van der Waals surface area contributed by atoms with Gasteiger partial charge in [-0.1, -0.05) is 81.5 Å². The Balaban J connectivity index is 2.05. The normalized spacial score (nSPS) is 14.7. The smallest absolute Gasteiger partial charge is 0.459 e. The third-order valence-corrected chi connectivity index (χ3v) is 8.77. The number of esters is 2. The summed E-state index contributed by atoms with van der Waals surface area (Å²) in [6.45, 7) is 1.46. The molecule has 2 rings (SSSR count). The van der Waals surface area contributed by atoms with Gasteiger partial charge in [-0.05, 0) is 55.4 Å². The van der Waals surface area contributed by atoms with Gasteiger partial charge in [-0.25, -0.2) is 4.57 Å². The molecule has 0 saturated carbocycles. The lowest BCUT2D eigenvalue weighted by atomic mass is 9.93. The zero-order chi connectivity index (χ0) is 31.6. The topological polar surface area (TPSA) is 146 Å². The number of aliphatic hydroxyl groups excluding tert-OH is 1. The van der Waals surface area contributed by atoms with Gasteiger partial charge in [0.1, 0.15) is 11.8 Å². The summed E-state index contributed by atoms with van der Waals surface area (Å²) in [6.07, 6.45) is 9.30. The van der Waals surface area contributed by atoms with Gasteiger partial charge >= 0.3 is 19.7 Å². The molecule has 0 bridgehead atoms. The largest absolute Gasteiger partial charge is 0.469 e. The van der Waals surface area contributed by atoms with E-state index in [-0.39, 0.29) is 25.2 Å². The highest BCUT2D eigenvalue weighted by Crippen LogP contribution is 2.46. The van der Waals surface area contributed by atoms with Crippen LogP contribution >= 0.6 is 7.75 Å². The molecule has 0 radical (unpaired) electrons. The van der Waals surface area contributed by atoms with E-state index in [1.807, 2.05) is 0 Å². The fourth-order valence-electron chi connectivity index (χ4n) is 4.43. The van der Waals surface area contributed by atoms with Gasteiger partial charge in [0.25, 0.3) is 0 Å². The molecule has 240 valence electrons. The average molecular weight is 621 g/mol. The Labute approximate surface area is 256 Å². The number of carbonyl (C=O) groups excluding carboxylic acids is 2. The van der Waals surface area contributed by atoms with Gasteiger partial charge in [0.15, 0.2) is 0 Å². The first-order valence-electron chi connectivity index (χ1n) is 15.0. The van der Waals surface area contributed by atoms with Crippen molar-refractivity contribution in [2.75, 3.05) is 27.4 Å². The number of nitrogens with two attached hydrogens (primary N) is 1. The van der Waals surface area contributed by atoms with Crippen molar-refractivity contribution in [2.45, 2.75) is 89.1 Å². The number of unbranched alkanes of at least 4 members (excludes halogenated alkanes) is 5. The molecule has 0 aliphatic carbocycles. The van der Waals surface area contributed by atoms with Crippen molar-refractivity contribution in [3.63, 3.8) is 0 Å². The van der Waals surface area contributed by atoms with Crippen molar-refractivity contribution >= 4 is 19.7 Å². The molecule has 10 nitrogen and oxygen atoms in total. The lowest BCUT2D eigenvalue weighted by molar-refractivity contribution is -0.144. The number of benzene rings is 2. The van der Waals surface area contributed by atoms with Gasteiger partial charge in [0, 0.05) is 6.42 Å². The predicted octanol–water partition coefficient (Wildman–Crippen LogP) is 5.50. The van der Waals surface area contributed by atoms with E-state index in [0.29, 0.717) is 12.8 Å². The predicted molar refractivity (Wildman–Crippen MR) is 167 cm³/mol. The van der Waals surface area contributed by atoms with Crippen molar-refractivity contribution in [3.05, 3.63) is 65.7 Å². The molecule has 0 saturated heterocycles. The van der Waals surface area contributed by atoms with Crippen LogP contribution in [0.5, 0.6) is 5.75 Å². The first-order chi connectivity index (χ1) is 20.7. The molecule has 4 N–H and O–H groups in total. The van der Waals surface area contributed by atoms with Crippen molar-refractivity contribution < 1.29 is 37.8 Å². The number of para-hydroxylation sites is 1. The minimum absolute atomic E-state index is 0.0759. The number of carbonyl (C=O) groups is 2. The van der Waals surface area contributed by atoms with Crippen LogP contribution in [0.15, 0.2) is 54.6 Å². The summed E-state index contributed by atoms with van der Waals surface area (Å²) in [5.41, 5.74) is 7.60. The molecule has 0 heterocycles. The molecule has 0 amide bonds. The number of hydrogen-bond acceptors (Lipinski definition) is 9. The fourth-order valence-corrected chi connectivity index (χ4v) is 6.05.